The van der Waals surface area contributed by atoms with Crippen molar-refractivity contribution < 1.29 is 4.74 Å². The van der Waals surface area contributed by atoms with Crippen LogP contribution in [-0.4, -0.2) is 25.3 Å². The number of piperidine rings is 1. The number of nitrogens with one attached hydrogen (secondary N) is 1. The van der Waals surface area contributed by atoms with Gasteiger partial charge in [-0.25, -0.2) is 0 Å². The van der Waals surface area contributed by atoms with E-state index in [0.717, 1.165) is 19.6 Å². The quantitative estimate of drug-likeness (QED) is 0.839. The minimum absolute atomic E-state index is 0.417. The van der Waals surface area contributed by atoms with Crippen molar-refractivity contribution in [1.82, 2.24) is 5.32 Å². The highest BCUT2D eigenvalue weighted by Gasteiger charge is 2.17. The molecule has 2 rings (SSSR count). The van der Waals surface area contributed by atoms with Crippen LogP contribution < -0.4 is 5.32 Å². The van der Waals surface area contributed by atoms with Crippen molar-refractivity contribution in [2.75, 3.05) is 13.2 Å². The van der Waals surface area contributed by atoms with Gasteiger partial charge < -0.3 is 10.1 Å². The smallest absolute Gasteiger partial charge is 0.0700 e. The summed E-state index contributed by atoms with van der Waals surface area (Å²) in [6.07, 6.45) is 3.87. The normalized spacial score (nSPS) is 25.6. The van der Waals surface area contributed by atoms with E-state index in [1.807, 2.05) is 0 Å². The standard InChI is InChI=1S/C14H21NO/c1-12-7-8-14(11-15-12)16-10-9-13-5-3-2-4-6-13/h2-6,12,14-15H,7-11H2,1H3. The van der Waals surface area contributed by atoms with Crippen LogP contribution in [0.1, 0.15) is 25.3 Å². The van der Waals surface area contributed by atoms with Gasteiger partial charge in [-0.15, -0.1) is 0 Å². The molecule has 16 heavy (non-hydrogen) atoms. The van der Waals surface area contributed by atoms with Crippen LogP contribution in [0.15, 0.2) is 30.3 Å². The van der Waals surface area contributed by atoms with Crippen molar-refractivity contribution in [2.24, 2.45) is 0 Å². The van der Waals surface area contributed by atoms with Gasteiger partial charge in [-0.3, -0.25) is 0 Å². The first kappa shape index (κ1) is 11.6. The molecule has 1 aromatic carbocycles. The summed E-state index contributed by atoms with van der Waals surface area (Å²) in [5.74, 6) is 0. The molecule has 2 atom stereocenters. The van der Waals surface area contributed by atoms with Gasteiger partial charge in [0.05, 0.1) is 12.7 Å². The van der Waals surface area contributed by atoms with Crippen LogP contribution in [0.4, 0.5) is 0 Å². The first-order valence-electron chi connectivity index (χ1n) is 6.23. The monoisotopic (exact) mass is 219 g/mol. The Morgan fingerprint density at radius 2 is 2.06 bits per heavy atom. The zero-order chi connectivity index (χ0) is 11.2. The second kappa shape index (κ2) is 6.02. The lowest BCUT2D eigenvalue weighted by atomic mass is 10.0. The van der Waals surface area contributed by atoms with Crippen LogP contribution in [0.25, 0.3) is 0 Å². The van der Waals surface area contributed by atoms with Crippen molar-refractivity contribution in [3.05, 3.63) is 35.9 Å². The molecule has 0 bridgehead atoms. The summed E-state index contributed by atoms with van der Waals surface area (Å²) in [7, 11) is 0. The second-order valence-electron chi connectivity index (χ2n) is 4.62. The highest BCUT2D eigenvalue weighted by Crippen LogP contribution is 2.11. The average Bonchev–Trinajstić information content (AvgIpc) is 2.33. The molecular formula is C14H21NO. The number of rotatable bonds is 4. The maximum absolute atomic E-state index is 5.87. The summed E-state index contributed by atoms with van der Waals surface area (Å²) >= 11 is 0. The Hall–Kier alpha value is -0.860. The first-order valence-corrected chi connectivity index (χ1v) is 6.23. The SMILES string of the molecule is CC1CCC(OCCc2ccccc2)CN1. The van der Waals surface area contributed by atoms with Crippen LogP contribution in [0.5, 0.6) is 0 Å². The van der Waals surface area contributed by atoms with E-state index >= 15 is 0 Å². The molecule has 0 aliphatic carbocycles. The number of ether oxygens (including phenoxy) is 1. The van der Waals surface area contributed by atoms with Crippen LogP contribution >= 0.6 is 0 Å². The molecule has 1 aromatic rings. The van der Waals surface area contributed by atoms with Gasteiger partial charge >= 0.3 is 0 Å². The van der Waals surface area contributed by atoms with Gasteiger partial charge in [0.25, 0.3) is 0 Å². The number of benzene rings is 1. The van der Waals surface area contributed by atoms with E-state index in [-0.39, 0.29) is 0 Å². The predicted molar refractivity (Wildman–Crippen MR) is 66.6 cm³/mol. The third-order valence-corrected chi connectivity index (χ3v) is 3.20. The Kier molecular flexibility index (Phi) is 4.37. The molecule has 0 spiro atoms. The lowest BCUT2D eigenvalue weighted by Crippen LogP contribution is -2.41. The fourth-order valence-corrected chi connectivity index (χ4v) is 2.10. The summed E-state index contributed by atoms with van der Waals surface area (Å²) in [5, 5.41) is 3.46. The molecule has 1 N–H and O–H groups in total. The summed E-state index contributed by atoms with van der Waals surface area (Å²) in [6, 6.07) is 11.2. The van der Waals surface area contributed by atoms with Crippen LogP contribution in [0.3, 0.4) is 0 Å². The maximum atomic E-state index is 5.87. The summed E-state index contributed by atoms with van der Waals surface area (Å²) in [5.41, 5.74) is 1.36. The third kappa shape index (κ3) is 3.62. The Bertz CT molecular complexity index is 291. The fraction of sp³-hybridized carbons (Fsp3) is 0.571. The van der Waals surface area contributed by atoms with Crippen molar-refractivity contribution >= 4 is 0 Å². The van der Waals surface area contributed by atoms with Gasteiger partial charge in [-0.1, -0.05) is 30.3 Å². The van der Waals surface area contributed by atoms with E-state index in [0.29, 0.717) is 12.1 Å². The van der Waals surface area contributed by atoms with Crippen molar-refractivity contribution in [1.29, 1.82) is 0 Å². The van der Waals surface area contributed by atoms with Gasteiger partial charge in [-0.05, 0) is 31.7 Å². The summed E-state index contributed by atoms with van der Waals surface area (Å²) < 4.78 is 5.87. The molecule has 1 aliphatic heterocycles. The largest absolute Gasteiger partial charge is 0.377 e. The van der Waals surface area contributed by atoms with E-state index in [1.165, 1.54) is 18.4 Å². The molecule has 1 saturated heterocycles. The summed E-state index contributed by atoms with van der Waals surface area (Å²) in [6.45, 7) is 4.08. The molecular weight excluding hydrogens is 198 g/mol. The van der Waals surface area contributed by atoms with E-state index in [4.69, 9.17) is 4.74 Å². The van der Waals surface area contributed by atoms with E-state index in [1.54, 1.807) is 0 Å². The topological polar surface area (TPSA) is 21.3 Å². The predicted octanol–water partition coefficient (Wildman–Crippen LogP) is 2.39. The van der Waals surface area contributed by atoms with Crippen molar-refractivity contribution in [3.63, 3.8) is 0 Å². The van der Waals surface area contributed by atoms with Crippen LogP contribution in [-0.2, 0) is 11.2 Å². The van der Waals surface area contributed by atoms with Crippen molar-refractivity contribution in [3.8, 4) is 0 Å². The van der Waals surface area contributed by atoms with Gasteiger partial charge in [0.1, 0.15) is 0 Å². The Morgan fingerprint density at radius 1 is 1.25 bits per heavy atom. The Labute approximate surface area is 98.0 Å². The molecule has 88 valence electrons. The highest BCUT2D eigenvalue weighted by molar-refractivity contribution is 5.14. The Morgan fingerprint density at radius 3 is 2.75 bits per heavy atom. The molecule has 1 heterocycles. The highest BCUT2D eigenvalue weighted by atomic mass is 16.5. The van der Waals surface area contributed by atoms with Gasteiger partial charge in [0.15, 0.2) is 0 Å². The average molecular weight is 219 g/mol. The number of hydrogen-bond donors (Lipinski definition) is 1. The molecule has 0 radical (unpaired) electrons. The van der Waals surface area contributed by atoms with Gasteiger partial charge in [0, 0.05) is 12.6 Å². The first-order chi connectivity index (χ1) is 7.84. The fourth-order valence-electron chi connectivity index (χ4n) is 2.10. The molecule has 0 aromatic heterocycles. The molecule has 2 unspecified atom stereocenters. The third-order valence-electron chi connectivity index (χ3n) is 3.20. The molecule has 1 aliphatic rings. The summed E-state index contributed by atoms with van der Waals surface area (Å²) in [4.78, 5) is 0. The second-order valence-corrected chi connectivity index (χ2v) is 4.62. The van der Waals surface area contributed by atoms with E-state index in [9.17, 15) is 0 Å². The van der Waals surface area contributed by atoms with E-state index < -0.39 is 0 Å². The number of hydrogen-bond acceptors (Lipinski definition) is 2. The van der Waals surface area contributed by atoms with Crippen LogP contribution in [0, 0.1) is 0 Å². The lowest BCUT2D eigenvalue weighted by molar-refractivity contribution is 0.0326. The van der Waals surface area contributed by atoms with E-state index in [2.05, 4.69) is 42.6 Å². The van der Waals surface area contributed by atoms with Gasteiger partial charge in [-0.2, -0.15) is 0 Å². The van der Waals surface area contributed by atoms with Gasteiger partial charge in [0.2, 0.25) is 0 Å². The molecule has 0 saturated carbocycles. The minimum Gasteiger partial charge on any atom is -0.377 e. The maximum Gasteiger partial charge on any atom is 0.0700 e. The van der Waals surface area contributed by atoms with Crippen molar-refractivity contribution in [2.45, 2.75) is 38.3 Å². The molecule has 2 nitrogen and oxygen atoms in total. The molecule has 0 amide bonds. The Balaban J connectivity index is 1.65. The molecule has 1 fully saturated rings. The minimum atomic E-state index is 0.417. The zero-order valence-electron chi connectivity index (χ0n) is 9.99. The van der Waals surface area contributed by atoms with Crippen LogP contribution in [0.2, 0.25) is 0 Å². The zero-order valence-corrected chi connectivity index (χ0v) is 9.99. The lowest BCUT2D eigenvalue weighted by Gasteiger charge is -2.27. The molecule has 2 heteroatoms.